The van der Waals surface area contributed by atoms with Crippen LogP contribution in [0.15, 0.2) is 53.5 Å². The molecule has 0 aliphatic carbocycles. The third-order valence-corrected chi connectivity index (χ3v) is 5.89. The zero-order chi connectivity index (χ0) is 17.5. The maximum absolute atomic E-state index is 4.78. The van der Waals surface area contributed by atoms with Crippen LogP contribution in [0.5, 0.6) is 0 Å². The summed E-state index contributed by atoms with van der Waals surface area (Å²) in [7, 11) is 0. The van der Waals surface area contributed by atoms with Crippen molar-refractivity contribution in [1.29, 1.82) is 0 Å². The molecule has 1 aromatic carbocycles. The molecular weight excluding hydrogens is 362 g/mol. The molecule has 7 heteroatoms. The van der Waals surface area contributed by atoms with Gasteiger partial charge in [0.25, 0.3) is 0 Å². The molecule has 26 heavy (non-hydrogen) atoms. The second-order valence-electron chi connectivity index (χ2n) is 5.87. The first-order valence-corrected chi connectivity index (χ1v) is 9.81. The number of nitrogens with zero attached hydrogens (tertiary/aromatic N) is 4. The molecule has 0 atom stereocenters. The Hall–Kier alpha value is -2.90. The Morgan fingerprint density at radius 1 is 1.00 bits per heavy atom. The molecule has 0 bridgehead atoms. The minimum atomic E-state index is 0.626. The van der Waals surface area contributed by atoms with Gasteiger partial charge in [0, 0.05) is 11.9 Å². The number of benzene rings is 1. The van der Waals surface area contributed by atoms with Gasteiger partial charge in [-0.15, -0.1) is 22.7 Å². The molecule has 126 valence electrons. The SMILES string of the molecule is Cc1csc2nc(-c3ccccn3)nc(Nc3ccc4ncsc4c3)c12. The van der Waals surface area contributed by atoms with Crippen molar-refractivity contribution in [2.24, 2.45) is 0 Å². The van der Waals surface area contributed by atoms with Crippen LogP contribution in [0, 0.1) is 6.92 Å². The van der Waals surface area contributed by atoms with E-state index >= 15 is 0 Å². The molecule has 1 N–H and O–H groups in total. The van der Waals surface area contributed by atoms with Crippen molar-refractivity contribution in [1.82, 2.24) is 19.9 Å². The lowest BCUT2D eigenvalue weighted by Gasteiger charge is -2.10. The highest BCUT2D eigenvalue weighted by molar-refractivity contribution is 7.17. The maximum atomic E-state index is 4.78. The lowest BCUT2D eigenvalue weighted by molar-refractivity contribution is 1.18. The lowest BCUT2D eigenvalue weighted by atomic mass is 10.2. The van der Waals surface area contributed by atoms with E-state index in [4.69, 9.17) is 9.97 Å². The number of nitrogens with one attached hydrogen (secondary N) is 1. The fourth-order valence-corrected chi connectivity index (χ4v) is 4.49. The summed E-state index contributed by atoms with van der Waals surface area (Å²) in [5, 5.41) is 6.64. The van der Waals surface area contributed by atoms with Gasteiger partial charge in [0.15, 0.2) is 5.82 Å². The van der Waals surface area contributed by atoms with E-state index in [0.29, 0.717) is 5.82 Å². The summed E-state index contributed by atoms with van der Waals surface area (Å²) < 4.78 is 1.15. The van der Waals surface area contributed by atoms with E-state index < -0.39 is 0 Å². The molecule has 4 aromatic heterocycles. The minimum Gasteiger partial charge on any atom is -0.340 e. The van der Waals surface area contributed by atoms with Crippen LogP contribution in [0.2, 0.25) is 0 Å². The van der Waals surface area contributed by atoms with Crippen LogP contribution in [-0.2, 0) is 0 Å². The number of fused-ring (bicyclic) bond motifs is 2. The number of hydrogen-bond acceptors (Lipinski definition) is 7. The molecule has 0 amide bonds. The molecule has 4 heterocycles. The lowest BCUT2D eigenvalue weighted by Crippen LogP contribution is -1.99. The van der Waals surface area contributed by atoms with Crippen molar-refractivity contribution in [3.63, 3.8) is 0 Å². The van der Waals surface area contributed by atoms with E-state index in [9.17, 15) is 0 Å². The van der Waals surface area contributed by atoms with E-state index in [1.807, 2.05) is 35.8 Å². The van der Waals surface area contributed by atoms with Gasteiger partial charge >= 0.3 is 0 Å². The molecular formula is C19H13N5S2. The average molecular weight is 375 g/mol. The smallest absolute Gasteiger partial charge is 0.181 e. The number of thiazole rings is 1. The van der Waals surface area contributed by atoms with Gasteiger partial charge in [-0.05, 0) is 48.2 Å². The van der Waals surface area contributed by atoms with Crippen molar-refractivity contribution >= 4 is 54.6 Å². The quantitative estimate of drug-likeness (QED) is 0.456. The Balaban J connectivity index is 1.66. The van der Waals surface area contributed by atoms with Crippen LogP contribution in [0.4, 0.5) is 11.5 Å². The molecule has 5 nitrogen and oxygen atoms in total. The molecule has 0 fully saturated rings. The van der Waals surface area contributed by atoms with E-state index in [2.05, 4.69) is 33.7 Å². The number of aryl methyl sites for hydroxylation is 1. The molecule has 0 saturated carbocycles. The fraction of sp³-hybridized carbons (Fsp3) is 0.0526. The number of pyridine rings is 1. The van der Waals surface area contributed by atoms with Crippen LogP contribution >= 0.6 is 22.7 Å². The third kappa shape index (κ3) is 2.61. The van der Waals surface area contributed by atoms with Crippen LogP contribution < -0.4 is 5.32 Å². The predicted molar refractivity (Wildman–Crippen MR) is 108 cm³/mol. The summed E-state index contributed by atoms with van der Waals surface area (Å²) >= 11 is 3.25. The topological polar surface area (TPSA) is 63.6 Å². The van der Waals surface area contributed by atoms with Crippen molar-refractivity contribution in [3.05, 3.63) is 59.0 Å². The van der Waals surface area contributed by atoms with Crippen LogP contribution in [0.25, 0.3) is 32.0 Å². The number of aromatic nitrogens is 4. The van der Waals surface area contributed by atoms with E-state index in [-0.39, 0.29) is 0 Å². The van der Waals surface area contributed by atoms with Gasteiger partial charge in [-0.3, -0.25) is 4.98 Å². The van der Waals surface area contributed by atoms with Crippen LogP contribution in [-0.4, -0.2) is 19.9 Å². The van der Waals surface area contributed by atoms with Crippen LogP contribution in [0.1, 0.15) is 5.56 Å². The first-order valence-electron chi connectivity index (χ1n) is 8.05. The fourth-order valence-electron chi connectivity index (χ4n) is 2.85. The maximum Gasteiger partial charge on any atom is 0.181 e. The molecule has 0 aliphatic rings. The molecule has 0 unspecified atom stereocenters. The van der Waals surface area contributed by atoms with Gasteiger partial charge in [0.1, 0.15) is 16.3 Å². The third-order valence-electron chi connectivity index (χ3n) is 4.11. The van der Waals surface area contributed by atoms with Crippen molar-refractivity contribution in [2.45, 2.75) is 6.92 Å². The Kier molecular flexibility index (Phi) is 3.62. The summed E-state index contributed by atoms with van der Waals surface area (Å²) in [6.07, 6.45) is 1.76. The zero-order valence-corrected chi connectivity index (χ0v) is 15.4. The molecule has 0 radical (unpaired) electrons. The first kappa shape index (κ1) is 15.4. The van der Waals surface area contributed by atoms with Gasteiger partial charge in [0.05, 0.1) is 21.1 Å². The molecule has 0 saturated heterocycles. The van der Waals surface area contributed by atoms with Crippen molar-refractivity contribution in [2.75, 3.05) is 5.32 Å². The van der Waals surface area contributed by atoms with Gasteiger partial charge in [-0.2, -0.15) is 0 Å². The Morgan fingerprint density at radius 2 is 1.96 bits per heavy atom. The molecule has 0 spiro atoms. The number of anilines is 2. The summed E-state index contributed by atoms with van der Waals surface area (Å²) in [6, 6.07) is 11.9. The number of thiophene rings is 1. The Bertz CT molecular complexity index is 1230. The Morgan fingerprint density at radius 3 is 2.85 bits per heavy atom. The summed E-state index contributed by atoms with van der Waals surface area (Å²) in [5.41, 5.74) is 5.79. The second kappa shape index (κ2) is 6.12. The monoisotopic (exact) mass is 375 g/mol. The Labute approximate surface area is 157 Å². The van der Waals surface area contributed by atoms with Gasteiger partial charge in [-0.1, -0.05) is 6.07 Å². The minimum absolute atomic E-state index is 0.626. The van der Waals surface area contributed by atoms with Gasteiger partial charge < -0.3 is 5.32 Å². The summed E-state index contributed by atoms with van der Waals surface area (Å²) in [4.78, 5) is 19.2. The molecule has 5 aromatic rings. The van der Waals surface area contributed by atoms with Gasteiger partial charge in [0.2, 0.25) is 0 Å². The second-order valence-corrected chi connectivity index (χ2v) is 7.61. The van der Waals surface area contributed by atoms with E-state index in [1.54, 1.807) is 28.9 Å². The first-order chi connectivity index (χ1) is 12.8. The standard InChI is InChI=1S/C19H13N5S2/c1-11-9-25-19-16(11)18(23-17(24-19)14-4-2-3-7-20-14)22-12-5-6-13-15(8-12)26-10-21-13/h2-10H,1H3,(H,22,23,24). The zero-order valence-electron chi connectivity index (χ0n) is 13.8. The van der Waals surface area contributed by atoms with E-state index in [1.165, 1.54) is 5.56 Å². The largest absolute Gasteiger partial charge is 0.340 e. The predicted octanol–water partition coefficient (Wildman–Crippen LogP) is 5.42. The van der Waals surface area contributed by atoms with Crippen molar-refractivity contribution < 1.29 is 0 Å². The van der Waals surface area contributed by atoms with Crippen LogP contribution in [0.3, 0.4) is 0 Å². The van der Waals surface area contributed by atoms with Crippen molar-refractivity contribution in [3.8, 4) is 11.5 Å². The highest BCUT2D eigenvalue weighted by atomic mass is 32.1. The summed E-state index contributed by atoms with van der Waals surface area (Å²) in [6.45, 7) is 2.08. The highest BCUT2D eigenvalue weighted by Crippen LogP contribution is 2.33. The normalized spacial score (nSPS) is 11.3. The molecule has 0 aliphatic heterocycles. The van der Waals surface area contributed by atoms with Gasteiger partial charge in [-0.25, -0.2) is 15.0 Å². The summed E-state index contributed by atoms with van der Waals surface area (Å²) in [5.74, 6) is 1.43. The van der Waals surface area contributed by atoms with E-state index in [0.717, 1.165) is 37.6 Å². The highest BCUT2D eigenvalue weighted by Gasteiger charge is 2.14. The number of rotatable bonds is 3. The molecule has 5 rings (SSSR count). The average Bonchev–Trinajstić information content (AvgIpc) is 3.29. The number of hydrogen-bond donors (Lipinski definition) is 1.